The van der Waals surface area contributed by atoms with Crippen LogP contribution in [0.5, 0.6) is 0 Å². The summed E-state index contributed by atoms with van der Waals surface area (Å²) in [5, 5.41) is 11.9. The summed E-state index contributed by atoms with van der Waals surface area (Å²) in [5.74, 6) is -0.899. The van der Waals surface area contributed by atoms with Gasteiger partial charge in [0.05, 0.1) is 5.56 Å². The predicted octanol–water partition coefficient (Wildman–Crippen LogP) is 1.51. The summed E-state index contributed by atoms with van der Waals surface area (Å²) in [5.41, 5.74) is 0.337. The molecule has 1 aromatic rings. The monoisotopic (exact) mass is 376 g/mol. The minimum atomic E-state index is -1.10. The standard InChI is InChI=1S/C19H28N4O4/c1-14(19(26)27)23(12-9-20-15(2)24)18(25)16-7-8-17(21-13-16)22-10-5-3-4-6-11-22/h7-8,13-14H,3-6,9-12H2,1-2H3,(H,20,24)(H,26,27). The molecule has 1 unspecified atom stereocenters. The second kappa shape index (κ2) is 9.89. The zero-order valence-corrected chi connectivity index (χ0v) is 16.0. The number of rotatable bonds is 7. The molecule has 148 valence electrons. The Balaban J connectivity index is 2.10. The number of aromatic nitrogens is 1. The Morgan fingerprint density at radius 1 is 1.22 bits per heavy atom. The summed E-state index contributed by atoms with van der Waals surface area (Å²) in [7, 11) is 0. The van der Waals surface area contributed by atoms with Gasteiger partial charge in [0.2, 0.25) is 5.91 Å². The summed E-state index contributed by atoms with van der Waals surface area (Å²) in [6, 6.07) is 2.50. The third-order valence-corrected chi connectivity index (χ3v) is 4.74. The molecule has 2 amide bonds. The van der Waals surface area contributed by atoms with Crippen molar-refractivity contribution < 1.29 is 19.5 Å². The number of hydrogen-bond acceptors (Lipinski definition) is 5. The van der Waals surface area contributed by atoms with E-state index in [-0.39, 0.29) is 19.0 Å². The molecular weight excluding hydrogens is 348 g/mol. The highest BCUT2D eigenvalue weighted by molar-refractivity contribution is 5.96. The Morgan fingerprint density at radius 3 is 2.41 bits per heavy atom. The fourth-order valence-corrected chi connectivity index (χ4v) is 3.12. The molecule has 8 heteroatoms. The third-order valence-electron chi connectivity index (χ3n) is 4.74. The molecule has 1 saturated heterocycles. The molecule has 1 aliphatic heterocycles. The highest BCUT2D eigenvalue weighted by Crippen LogP contribution is 2.18. The van der Waals surface area contributed by atoms with Gasteiger partial charge in [0.15, 0.2) is 0 Å². The van der Waals surface area contributed by atoms with E-state index in [4.69, 9.17) is 0 Å². The summed E-state index contributed by atoms with van der Waals surface area (Å²) in [6.07, 6.45) is 6.22. The van der Waals surface area contributed by atoms with E-state index in [2.05, 4.69) is 15.2 Å². The Morgan fingerprint density at radius 2 is 1.89 bits per heavy atom. The first-order valence-electron chi connectivity index (χ1n) is 9.39. The molecule has 0 aliphatic carbocycles. The predicted molar refractivity (Wildman–Crippen MR) is 102 cm³/mol. The first kappa shape index (κ1) is 20.7. The van der Waals surface area contributed by atoms with Crippen molar-refractivity contribution in [3.8, 4) is 0 Å². The highest BCUT2D eigenvalue weighted by atomic mass is 16.4. The lowest BCUT2D eigenvalue weighted by Gasteiger charge is -2.27. The van der Waals surface area contributed by atoms with Crippen LogP contribution in [0.2, 0.25) is 0 Å². The van der Waals surface area contributed by atoms with Crippen LogP contribution in [0, 0.1) is 0 Å². The van der Waals surface area contributed by atoms with Gasteiger partial charge in [-0.15, -0.1) is 0 Å². The van der Waals surface area contributed by atoms with Gasteiger partial charge in [-0.2, -0.15) is 0 Å². The van der Waals surface area contributed by atoms with E-state index in [0.717, 1.165) is 31.7 Å². The van der Waals surface area contributed by atoms with Gasteiger partial charge in [0, 0.05) is 39.3 Å². The van der Waals surface area contributed by atoms with Gasteiger partial charge >= 0.3 is 5.97 Å². The number of carboxylic acid groups (broad SMARTS) is 1. The van der Waals surface area contributed by atoms with Crippen molar-refractivity contribution in [1.29, 1.82) is 0 Å². The molecule has 0 spiro atoms. The summed E-state index contributed by atoms with van der Waals surface area (Å²) >= 11 is 0. The van der Waals surface area contributed by atoms with E-state index in [0.29, 0.717) is 5.56 Å². The number of amides is 2. The average molecular weight is 376 g/mol. The highest BCUT2D eigenvalue weighted by Gasteiger charge is 2.26. The van der Waals surface area contributed by atoms with Crippen molar-refractivity contribution in [1.82, 2.24) is 15.2 Å². The molecule has 0 saturated carbocycles. The van der Waals surface area contributed by atoms with Crippen molar-refractivity contribution in [3.63, 3.8) is 0 Å². The topological polar surface area (TPSA) is 103 Å². The Kier molecular flexibility index (Phi) is 7.57. The normalized spacial score (nSPS) is 15.6. The summed E-state index contributed by atoms with van der Waals surface area (Å²) < 4.78 is 0. The first-order valence-corrected chi connectivity index (χ1v) is 9.39. The molecular formula is C19H28N4O4. The van der Waals surface area contributed by atoms with Gasteiger partial charge in [-0.3, -0.25) is 9.59 Å². The lowest BCUT2D eigenvalue weighted by atomic mass is 10.2. The molecule has 0 bridgehead atoms. The minimum absolute atomic E-state index is 0.111. The van der Waals surface area contributed by atoms with Crippen LogP contribution >= 0.6 is 0 Å². The lowest BCUT2D eigenvalue weighted by molar-refractivity contribution is -0.141. The van der Waals surface area contributed by atoms with E-state index in [1.54, 1.807) is 6.07 Å². The Hall–Kier alpha value is -2.64. The van der Waals surface area contributed by atoms with E-state index < -0.39 is 17.9 Å². The van der Waals surface area contributed by atoms with Crippen LogP contribution in [0.1, 0.15) is 49.9 Å². The molecule has 2 N–H and O–H groups in total. The van der Waals surface area contributed by atoms with Crippen molar-refractivity contribution >= 4 is 23.6 Å². The average Bonchev–Trinajstić information content (AvgIpc) is 2.93. The number of pyridine rings is 1. The quantitative estimate of drug-likeness (QED) is 0.748. The van der Waals surface area contributed by atoms with Crippen LogP contribution in [0.4, 0.5) is 5.82 Å². The molecule has 1 aliphatic rings. The number of aliphatic carboxylic acids is 1. The second-order valence-corrected chi connectivity index (χ2v) is 6.80. The summed E-state index contributed by atoms with van der Waals surface area (Å²) in [4.78, 5) is 43.1. The lowest BCUT2D eigenvalue weighted by Crippen LogP contribution is -2.46. The van der Waals surface area contributed by atoms with Crippen LogP contribution in [0.25, 0.3) is 0 Å². The Labute approximate surface area is 159 Å². The van der Waals surface area contributed by atoms with E-state index in [1.807, 2.05) is 6.07 Å². The van der Waals surface area contributed by atoms with Gasteiger partial charge < -0.3 is 20.2 Å². The van der Waals surface area contributed by atoms with Gasteiger partial charge in [-0.1, -0.05) is 12.8 Å². The van der Waals surface area contributed by atoms with Crippen molar-refractivity contribution in [2.45, 2.75) is 45.6 Å². The van der Waals surface area contributed by atoms with Gasteiger partial charge in [0.25, 0.3) is 5.91 Å². The van der Waals surface area contributed by atoms with Gasteiger partial charge in [0.1, 0.15) is 11.9 Å². The minimum Gasteiger partial charge on any atom is -0.480 e. The van der Waals surface area contributed by atoms with Crippen LogP contribution in [0.3, 0.4) is 0 Å². The molecule has 27 heavy (non-hydrogen) atoms. The fourth-order valence-electron chi connectivity index (χ4n) is 3.12. The second-order valence-electron chi connectivity index (χ2n) is 6.80. The molecule has 1 atom stereocenters. The third kappa shape index (κ3) is 5.94. The smallest absolute Gasteiger partial charge is 0.326 e. The maximum Gasteiger partial charge on any atom is 0.326 e. The molecule has 2 rings (SSSR count). The summed E-state index contributed by atoms with van der Waals surface area (Å²) in [6.45, 7) is 5.04. The molecule has 0 aromatic carbocycles. The molecule has 8 nitrogen and oxygen atoms in total. The van der Waals surface area contributed by atoms with Crippen LogP contribution in [-0.2, 0) is 9.59 Å². The van der Waals surface area contributed by atoms with E-state index in [9.17, 15) is 19.5 Å². The largest absolute Gasteiger partial charge is 0.480 e. The number of carboxylic acids is 1. The molecule has 2 heterocycles. The van der Waals surface area contributed by atoms with Crippen LogP contribution in [0.15, 0.2) is 18.3 Å². The fraction of sp³-hybridized carbons (Fsp3) is 0.579. The van der Waals surface area contributed by atoms with Crippen LogP contribution in [-0.4, -0.2) is 65.0 Å². The number of carbonyl (C=O) groups is 3. The van der Waals surface area contributed by atoms with Crippen molar-refractivity contribution in [2.24, 2.45) is 0 Å². The first-order chi connectivity index (χ1) is 12.9. The maximum atomic E-state index is 12.8. The molecule has 1 fully saturated rings. The zero-order valence-electron chi connectivity index (χ0n) is 16.0. The number of nitrogens with zero attached hydrogens (tertiary/aromatic N) is 3. The van der Waals surface area contributed by atoms with Crippen LogP contribution < -0.4 is 10.2 Å². The van der Waals surface area contributed by atoms with Crippen molar-refractivity contribution in [2.75, 3.05) is 31.1 Å². The van der Waals surface area contributed by atoms with Crippen molar-refractivity contribution in [3.05, 3.63) is 23.9 Å². The number of nitrogens with one attached hydrogen (secondary N) is 1. The van der Waals surface area contributed by atoms with E-state index in [1.165, 1.54) is 37.8 Å². The molecule has 1 aromatic heterocycles. The number of hydrogen-bond donors (Lipinski definition) is 2. The maximum absolute atomic E-state index is 12.8. The molecule has 0 radical (unpaired) electrons. The Bertz CT molecular complexity index is 654. The van der Waals surface area contributed by atoms with Gasteiger partial charge in [-0.25, -0.2) is 9.78 Å². The SMILES string of the molecule is CC(=O)NCCN(C(=O)c1ccc(N2CCCCCC2)nc1)C(C)C(=O)O. The zero-order chi connectivity index (χ0) is 19.8. The van der Waals surface area contributed by atoms with E-state index >= 15 is 0 Å². The number of carbonyl (C=O) groups excluding carboxylic acids is 2. The number of anilines is 1. The van der Waals surface area contributed by atoms with Gasteiger partial charge in [-0.05, 0) is 31.9 Å².